The fraction of sp³-hybridized carbons (Fsp3) is 0.533. The number of nitrogens with two attached hydrogens (primary N) is 1. The van der Waals surface area contributed by atoms with Crippen LogP contribution in [0.4, 0.5) is 5.69 Å². The Morgan fingerprint density at radius 3 is 2.48 bits per heavy atom. The van der Waals surface area contributed by atoms with E-state index in [4.69, 9.17) is 10.5 Å². The molecule has 0 saturated carbocycles. The van der Waals surface area contributed by atoms with Crippen molar-refractivity contribution in [3.8, 4) is 5.75 Å². The molecule has 0 saturated heterocycles. The number of ether oxygens (including phenoxy) is 1. The Hall–Kier alpha value is -1.80. The monoisotopic (exact) mass is 343 g/mol. The van der Waals surface area contributed by atoms with Gasteiger partial charge in [0.15, 0.2) is 9.84 Å². The van der Waals surface area contributed by atoms with Crippen LogP contribution in [0.1, 0.15) is 30.6 Å². The first-order valence-corrected chi connectivity index (χ1v) is 9.12. The topological polar surface area (TPSA) is 111 Å². The molecule has 7 nitrogen and oxygen atoms in total. The summed E-state index contributed by atoms with van der Waals surface area (Å²) >= 11 is 0. The molecular formula is C15H25N3O4S. The average Bonchev–Trinajstić information content (AvgIpc) is 2.57. The Morgan fingerprint density at radius 2 is 2.00 bits per heavy atom. The first-order chi connectivity index (χ1) is 10.8. The lowest BCUT2D eigenvalue weighted by molar-refractivity contribution is 0.0947. The third-order valence-electron chi connectivity index (χ3n) is 3.58. The molecular weight excluding hydrogens is 318 g/mol. The molecule has 23 heavy (non-hydrogen) atoms. The molecule has 1 aromatic carbocycles. The van der Waals surface area contributed by atoms with Gasteiger partial charge < -0.3 is 21.1 Å². The van der Waals surface area contributed by atoms with Crippen LogP contribution in [0.3, 0.4) is 0 Å². The summed E-state index contributed by atoms with van der Waals surface area (Å²) in [5.74, 6) is -0.177. The van der Waals surface area contributed by atoms with Gasteiger partial charge in [0.1, 0.15) is 5.75 Å². The largest absolute Gasteiger partial charge is 0.496 e. The van der Waals surface area contributed by atoms with Gasteiger partial charge in [-0.25, -0.2) is 8.42 Å². The second-order valence-corrected chi connectivity index (χ2v) is 7.33. The molecule has 8 heteroatoms. The van der Waals surface area contributed by atoms with Crippen LogP contribution in [-0.4, -0.2) is 46.8 Å². The van der Waals surface area contributed by atoms with Crippen LogP contribution in [0, 0.1) is 0 Å². The van der Waals surface area contributed by atoms with Gasteiger partial charge in [0.25, 0.3) is 5.91 Å². The standard InChI is InChI=1S/C15H25N3O4S/c1-5-10(16)9-18-15(19)11-7-14(23(20,21)6-2)12(17-3)8-13(11)22-4/h7-8,10,17H,5-6,9,16H2,1-4H3,(H,18,19)/t10-/m0/s1. The normalized spacial score (nSPS) is 12.6. The van der Waals surface area contributed by atoms with E-state index >= 15 is 0 Å². The molecule has 1 aromatic rings. The van der Waals surface area contributed by atoms with E-state index in [-0.39, 0.29) is 22.3 Å². The number of hydrogen-bond acceptors (Lipinski definition) is 6. The van der Waals surface area contributed by atoms with Crippen LogP contribution < -0.4 is 21.1 Å². The maximum absolute atomic E-state index is 12.4. The van der Waals surface area contributed by atoms with Gasteiger partial charge in [-0.05, 0) is 12.5 Å². The molecule has 1 atom stereocenters. The van der Waals surface area contributed by atoms with Crippen LogP contribution in [0.15, 0.2) is 17.0 Å². The van der Waals surface area contributed by atoms with Gasteiger partial charge in [-0.15, -0.1) is 0 Å². The smallest absolute Gasteiger partial charge is 0.255 e. The zero-order valence-corrected chi connectivity index (χ0v) is 14.8. The quantitative estimate of drug-likeness (QED) is 0.649. The maximum Gasteiger partial charge on any atom is 0.255 e. The molecule has 4 N–H and O–H groups in total. The molecule has 1 amide bonds. The van der Waals surface area contributed by atoms with Crippen molar-refractivity contribution < 1.29 is 17.9 Å². The summed E-state index contributed by atoms with van der Waals surface area (Å²) < 4.78 is 29.7. The predicted molar refractivity (Wildman–Crippen MR) is 90.9 cm³/mol. The van der Waals surface area contributed by atoms with Crippen molar-refractivity contribution in [2.24, 2.45) is 5.73 Å². The van der Waals surface area contributed by atoms with Gasteiger partial charge >= 0.3 is 0 Å². The third kappa shape index (κ3) is 4.59. The highest BCUT2D eigenvalue weighted by atomic mass is 32.2. The van der Waals surface area contributed by atoms with Crippen molar-refractivity contribution in [3.05, 3.63) is 17.7 Å². The van der Waals surface area contributed by atoms with Crippen molar-refractivity contribution in [1.29, 1.82) is 0 Å². The molecule has 0 radical (unpaired) electrons. The van der Waals surface area contributed by atoms with Gasteiger partial charge in [-0.3, -0.25) is 4.79 Å². The van der Waals surface area contributed by atoms with E-state index in [0.717, 1.165) is 6.42 Å². The number of carbonyl (C=O) groups excluding carboxylic acids is 1. The van der Waals surface area contributed by atoms with Gasteiger partial charge in [0.05, 0.1) is 29.0 Å². The Bertz CT molecular complexity index is 659. The molecule has 1 rings (SSSR count). The molecule has 0 aliphatic rings. The highest BCUT2D eigenvalue weighted by molar-refractivity contribution is 7.91. The molecule has 0 unspecified atom stereocenters. The van der Waals surface area contributed by atoms with Crippen molar-refractivity contribution in [3.63, 3.8) is 0 Å². The highest BCUT2D eigenvalue weighted by Crippen LogP contribution is 2.31. The Morgan fingerprint density at radius 1 is 1.35 bits per heavy atom. The summed E-state index contributed by atoms with van der Waals surface area (Å²) in [6.45, 7) is 3.78. The number of rotatable bonds is 8. The van der Waals surface area contributed by atoms with Crippen LogP contribution in [-0.2, 0) is 9.84 Å². The summed E-state index contributed by atoms with van der Waals surface area (Å²) in [4.78, 5) is 12.4. The fourth-order valence-corrected chi connectivity index (χ4v) is 3.08. The van der Waals surface area contributed by atoms with Gasteiger partial charge in [-0.1, -0.05) is 13.8 Å². The molecule has 0 aliphatic carbocycles. The van der Waals surface area contributed by atoms with E-state index in [1.54, 1.807) is 14.0 Å². The van der Waals surface area contributed by atoms with Crippen LogP contribution in [0.2, 0.25) is 0 Å². The second-order valence-electron chi connectivity index (χ2n) is 5.08. The maximum atomic E-state index is 12.4. The lowest BCUT2D eigenvalue weighted by Gasteiger charge is -2.16. The Balaban J connectivity index is 3.30. The molecule has 0 fully saturated rings. The van der Waals surface area contributed by atoms with Crippen molar-refractivity contribution in [1.82, 2.24) is 5.32 Å². The molecule has 0 aromatic heterocycles. The van der Waals surface area contributed by atoms with Crippen molar-refractivity contribution in [2.75, 3.05) is 31.8 Å². The molecule has 0 aliphatic heterocycles. The second kappa shape index (κ2) is 8.16. The first-order valence-electron chi connectivity index (χ1n) is 7.46. The summed E-state index contributed by atoms with van der Waals surface area (Å²) in [6, 6.07) is 2.70. The Kier molecular flexibility index (Phi) is 6.83. The number of nitrogens with one attached hydrogen (secondary N) is 2. The van der Waals surface area contributed by atoms with Crippen LogP contribution >= 0.6 is 0 Å². The SMILES string of the molecule is CC[C@H](N)CNC(=O)c1cc(S(=O)(=O)CC)c(NC)cc1OC. The Labute approximate surface area is 137 Å². The van der Waals surface area contributed by atoms with E-state index in [0.29, 0.717) is 18.0 Å². The zero-order chi connectivity index (χ0) is 17.6. The number of methoxy groups -OCH3 is 1. The van der Waals surface area contributed by atoms with Crippen LogP contribution in [0.25, 0.3) is 0 Å². The number of carbonyl (C=O) groups is 1. The number of sulfone groups is 1. The first kappa shape index (κ1) is 19.2. The van der Waals surface area contributed by atoms with Gasteiger partial charge in [0, 0.05) is 25.7 Å². The fourth-order valence-electron chi connectivity index (χ4n) is 1.98. The third-order valence-corrected chi connectivity index (χ3v) is 5.35. The van der Waals surface area contributed by atoms with Crippen molar-refractivity contribution in [2.45, 2.75) is 31.2 Å². The minimum absolute atomic E-state index is 0.0597. The molecule has 0 spiro atoms. The molecule has 130 valence electrons. The minimum Gasteiger partial charge on any atom is -0.496 e. The highest BCUT2D eigenvalue weighted by Gasteiger charge is 2.22. The number of amides is 1. The van der Waals surface area contributed by atoms with E-state index in [1.807, 2.05) is 6.92 Å². The van der Waals surface area contributed by atoms with Crippen LogP contribution in [0.5, 0.6) is 5.75 Å². The lowest BCUT2D eigenvalue weighted by Crippen LogP contribution is -2.36. The summed E-state index contributed by atoms with van der Waals surface area (Å²) in [5.41, 5.74) is 6.35. The van der Waals surface area contributed by atoms with E-state index in [9.17, 15) is 13.2 Å². The predicted octanol–water partition coefficient (Wildman–Crippen LogP) is 0.998. The van der Waals surface area contributed by atoms with E-state index < -0.39 is 15.7 Å². The van der Waals surface area contributed by atoms with Gasteiger partial charge in [0.2, 0.25) is 0 Å². The van der Waals surface area contributed by atoms with Gasteiger partial charge in [-0.2, -0.15) is 0 Å². The molecule has 0 heterocycles. The van der Waals surface area contributed by atoms with E-state index in [1.165, 1.54) is 19.2 Å². The van der Waals surface area contributed by atoms with Crippen molar-refractivity contribution >= 4 is 21.4 Å². The summed E-state index contributed by atoms with van der Waals surface area (Å²) in [7, 11) is -0.438. The minimum atomic E-state index is -3.48. The number of hydrogen-bond donors (Lipinski definition) is 3. The lowest BCUT2D eigenvalue weighted by atomic mass is 10.1. The number of benzene rings is 1. The average molecular weight is 343 g/mol. The zero-order valence-electron chi connectivity index (χ0n) is 14.0. The molecule has 0 bridgehead atoms. The van der Waals surface area contributed by atoms with E-state index in [2.05, 4.69) is 10.6 Å². The number of anilines is 1. The summed E-state index contributed by atoms with van der Waals surface area (Å²) in [5, 5.41) is 5.52. The summed E-state index contributed by atoms with van der Waals surface area (Å²) in [6.07, 6.45) is 0.728.